The highest BCUT2D eigenvalue weighted by Gasteiger charge is 1.95. The zero-order chi connectivity index (χ0) is 10.3. The molecule has 0 saturated heterocycles. The summed E-state index contributed by atoms with van der Waals surface area (Å²) in [5.74, 6) is 0. The maximum atomic E-state index is 11.2. The molecule has 3 nitrogen and oxygen atoms in total. The van der Waals surface area contributed by atoms with Crippen molar-refractivity contribution in [2.75, 3.05) is 6.61 Å². The minimum Gasteiger partial charge on any atom is -0.395 e. The number of hydrogen-bond acceptors (Lipinski definition) is 2. The van der Waals surface area contributed by atoms with Gasteiger partial charge in [0.05, 0.1) is 6.61 Å². The number of hydrogen-bond donors (Lipinski definition) is 1. The van der Waals surface area contributed by atoms with Crippen LogP contribution in [0.4, 0.5) is 0 Å². The molecule has 0 aromatic carbocycles. The van der Waals surface area contributed by atoms with Gasteiger partial charge in [0.25, 0.3) is 5.56 Å². The van der Waals surface area contributed by atoms with Crippen LogP contribution in [0.2, 0.25) is 0 Å². The smallest absolute Gasteiger partial charge is 0.253 e. The van der Waals surface area contributed by atoms with Crippen molar-refractivity contribution in [2.45, 2.75) is 27.3 Å². The van der Waals surface area contributed by atoms with Crippen LogP contribution in [-0.4, -0.2) is 16.3 Å². The van der Waals surface area contributed by atoms with E-state index in [0.29, 0.717) is 12.1 Å². The standard InChI is InChI=1S/C8H11NO2.C2H6/c1-7-3-2-4-9(5-6-10)8(7)11;1-2/h2-4,10H,5-6H2,1H3;1-2H3. The highest BCUT2D eigenvalue weighted by Crippen LogP contribution is 1.87. The Hall–Kier alpha value is -1.09. The van der Waals surface area contributed by atoms with Gasteiger partial charge in [-0.05, 0) is 13.0 Å². The molecule has 0 aliphatic rings. The molecule has 1 aromatic heterocycles. The van der Waals surface area contributed by atoms with Crippen molar-refractivity contribution in [3.05, 3.63) is 34.2 Å². The third-order valence-corrected chi connectivity index (χ3v) is 1.55. The fraction of sp³-hybridized carbons (Fsp3) is 0.500. The molecule has 74 valence electrons. The Bertz CT molecular complexity index is 291. The number of aryl methyl sites for hydroxylation is 1. The predicted octanol–water partition coefficient (Wildman–Crippen LogP) is 1.18. The molecule has 0 aliphatic heterocycles. The molecule has 1 aromatic rings. The topological polar surface area (TPSA) is 42.2 Å². The first kappa shape index (κ1) is 11.9. The van der Waals surface area contributed by atoms with E-state index >= 15 is 0 Å². The molecule has 1 N–H and O–H groups in total. The monoisotopic (exact) mass is 183 g/mol. The lowest BCUT2D eigenvalue weighted by molar-refractivity contribution is 0.274. The molecule has 0 atom stereocenters. The van der Waals surface area contributed by atoms with Crippen LogP contribution in [0, 0.1) is 6.92 Å². The van der Waals surface area contributed by atoms with Gasteiger partial charge in [0.2, 0.25) is 0 Å². The molecule has 0 saturated carbocycles. The van der Waals surface area contributed by atoms with Crippen LogP contribution < -0.4 is 5.56 Å². The Morgan fingerprint density at radius 2 is 2.08 bits per heavy atom. The molecular formula is C10H17NO2. The highest BCUT2D eigenvalue weighted by molar-refractivity contribution is 5.07. The van der Waals surface area contributed by atoms with Crippen LogP contribution in [0.3, 0.4) is 0 Å². The highest BCUT2D eigenvalue weighted by atomic mass is 16.3. The molecule has 0 radical (unpaired) electrons. The number of aromatic nitrogens is 1. The maximum absolute atomic E-state index is 11.2. The average Bonchev–Trinajstić information content (AvgIpc) is 2.17. The van der Waals surface area contributed by atoms with Crippen molar-refractivity contribution in [2.24, 2.45) is 0 Å². The van der Waals surface area contributed by atoms with Gasteiger partial charge in [-0.3, -0.25) is 4.79 Å². The second kappa shape index (κ2) is 6.43. The van der Waals surface area contributed by atoms with Gasteiger partial charge in [-0.1, -0.05) is 19.9 Å². The van der Waals surface area contributed by atoms with Gasteiger partial charge in [-0.25, -0.2) is 0 Å². The minimum atomic E-state index is -0.0263. The Morgan fingerprint density at radius 3 is 2.62 bits per heavy atom. The number of aliphatic hydroxyl groups is 1. The van der Waals surface area contributed by atoms with Crippen molar-refractivity contribution in [3.8, 4) is 0 Å². The summed E-state index contributed by atoms with van der Waals surface area (Å²) < 4.78 is 1.50. The van der Waals surface area contributed by atoms with Gasteiger partial charge in [0, 0.05) is 18.3 Å². The normalized spacial score (nSPS) is 8.92. The SMILES string of the molecule is CC.Cc1cccn(CCO)c1=O. The summed E-state index contributed by atoms with van der Waals surface area (Å²) in [6.07, 6.45) is 1.67. The Morgan fingerprint density at radius 1 is 1.46 bits per heavy atom. The van der Waals surface area contributed by atoms with E-state index in [1.807, 2.05) is 13.8 Å². The summed E-state index contributed by atoms with van der Waals surface area (Å²) in [5.41, 5.74) is 0.683. The second-order valence-electron chi connectivity index (χ2n) is 2.41. The van der Waals surface area contributed by atoms with E-state index in [1.54, 1.807) is 25.3 Å². The summed E-state index contributed by atoms with van der Waals surface area (Å²) in [5, 5.41) is 8.58. The molecule has 0 aliphatic carbocycles. The maximum Gasteiger partial charge on any atom is 0.253 e. The Balaban J connectivity index is 0.000000671. The van der Waals surface area contributed by atoms with Crippen molar-refractivity contribution in [3.63, 3.8) is 0 Å². The first-order valence-electron chi connectivity index (χ1n) is 4.52. The third kappa shape index (κ3) is 3.42. The number of pyridine rings is 1. The summed E-state index contributed by atoms with van der Waals surface area (Å²) >= 11 is 0. The molecule has 0 amide bonds. The molecule has 0 spiro atoms. The lowest BCUT2D eigenvalue weighted by Gasteiger charge is -2.02. The average molecular weight is 183 g/mol. The van der Waals surface area contributed by atoms with Crippen LogP contribution in [0.5, 0.6) is 0 Å². The molecular weight excluding hydrogens is 166 g/mol. The number of nitrogens with zero attached hydrogens (tertiary/aromatic N) is 1. The Kier molecular flexibility index (Phi) is 5.89. The molecule has 1 heterocycles. The van der Waals surface area contributed by atoms with E-state index in [4.69, 9.17) is 5.11 Å². The zero-order valence-electron chi connectivity index (χ0n) is 8.45. The second-order valence-corrected chi connectivity index (χ2v) is 2.41. The summed E-state index contributed by atoms with van der Waals surface area (Å²) in [6.45, 7) is 6.14. The summed E-state index contributed by atoms with van der Waals surface area (Å²) in [4.78, 5) is 11.2. The lowest BCUT2D eigenvalue weighted by atomic mass is 10.3. The fourth-order valence-electron chi connectivity index (χ4n) is 0.941. The first-order valence-corrected chi connectivity index (χ1v) is 4.52. The van der Waals surface area contributed by atoms with Gasteiger partial charge < -0.3 is 9.67 Å². The van der Waals surface area contributed by atoms with E-state index < -0.39 is 0 Å². The van der Waals surface area contributed by atoms with Gasteiger partial charge >= 0.3 is 0 Å². The van der Waals surface area contributed by atoms with E-state index in [0.717, 1.165) is 0 Å². The molecule has 1 rings (SSSR count). The summed E-state index contributed by atoms with van der Waals surface area (Å²) in [7, 11) is 0. The summed E-state index contributed by atoms with van der Waals surface area (Å²) in [6, 6.07) is 3.56. The van der Waals surface area contributed by atoms with Crippen molar-refractivity contribution in [1.82, 2.24) is 4.57 Å². The van der Waals surface area contributed by atoms with Crippen LogP contribution >= 0.6 is 0 Å². The van der Waals surface area contributed by atoms with Crippen molar-refractivity contribution < 1.29 is 5.11 Å². The number of rotatable bonds is 2. The van der Waals surface area contributed by atoms with Gasteiger partial charge in [0.1, 0.15) is 0 Å². The number of aliphatic hydroxyl groups excluding tert-OH is 1. The van der Waals surface area contributed by atoms with E-state index in [2.05, 4.69) is 0 Å². The van der Waals surface area contributed by atoms with Crippen LogP contribution in [0.1, 0.15) is 19.4 Å². The van der Waals surface area contributed by atoms with Crippen LogP contribution in [0.25, 0.3) is 0 Å². The molecule has 0 fully saturated rings. The van der Waals surface area contributed by atoms with Crippen molar-refractivity contribution >= 4 is 0 Å². The molecule has 0 bridgehead atoms. The fourth-order valence-corrected chi connectivity index (χ4v) is 0.941. The minimum absolute atomic E-state index is 0.00333. The van der Waals surface area contributed by atoms with E-state index in [9.17, 15) is 4.79 Å². The largest absolute Gasteiger partial charge is 0.395 e. The van der Waals surface area contributed by atoms with Crippen LogP contribution in [-0.2, 0) is 6.54 Å². The van der Waals surface area contributed by atoms with Gasteiger partial charge in [-0.15, -0.1) is 0 Å². The van der Waals surface area contributed by atoms with Crippen molar-refractivity contribution in [1.29, 1.82) is 0 Å². The Labute approximate surface area is 78.6 Å². The zero-order valence-corrected chi connectivity index (χ0v) is 8.45. The quantitative estimate of drug-likeness (QED) is 0.748. The molecule has 3 heteroatoms. The van der Waals surface area contributed by atoms with E-state index in [-0.39, 0.29) is 12.2 Å². The third-order valence-electron chi connectivity index (χ3n) is 1.55. The van der Waals surface area contributed by atoms with Crippen LogP contribution in [0.15, 0.2) is 23.1 Å². The first-order chi connectivity index (χ1) is 6.25. The molecule has 0 unspecified atom stereocenters. The van der Waals surface area contributed by atoms with Gasteiger partial charge in [0.15, 0.2) is 0 Å². The molecule has 13 heavy (non-hydrogen) atoms. The van der Waals surface area contributed by atoms with Gasteiger partial charge in [-0.2, -0.15) is 0 Å². The van der Waals surface area contributed by atoms with E-state index in [1.165, 1.54) is 4.57 Å². The lowest BCUT2D eigenvalue weighted by Crippen LogP contribution is -2.22. The predicted molar refractivity (Wildman–Crippen MR) is 53.9 cm³/mol.